The van der Waals surface area contributed by atoms with E-state index in [0.29, 0.717) is 127 Å². The number of hydrogen-bond acceptors (Lipinski definition) is 10. The van der Waals surface area contributed by atoms with Crippen LogP contribution in [0.4, 0.5) is 22.0 Å². The summed E-state index contributed by atoms with van der Waals surface area (Å²) in [6, 6.07) is 39.8. The average Bonchev–Trinajstić information content (AvgIpc) is 1.69. The number of aryl methyl sites for hydroxylation is 5. The van der Waals surface area contributed by atoms with Gasteiger partial charge in [-0.25, -0.2) is 22.0 Å². The van der Waals surface area contributed by atoms with Crippen molar-refractivity contribution in [3.05, 3.63) is 320 Å². The molecule has 0 fully saturated rings. The van der Waals surface area contributed by atoms with Gasteiger partial charge in [0.25, 0.3) is 0 Å². The fourth-order valence-corrected chi connectivity index (χ4v) is 18.8. The first-order valence-corrected chi connectivity index (χ1v) is 47.1. The summed E-state index contributed by atoms with van der Waals surface area (Å²) in [4.78, 5) is 0. The van der Waals surface area contributed by atoms with Gasteiger partial charge in [-0.15, -0.1) is 0 Å². The lowest BCUT2D eigenvalue weighted by Crippen LogP contribution is -2.36. The Hall–Kier alpha value is -16.0. The van der Waals surface area contributed by atoms with Gasteiger partial charge >= 0.3 is 0 Å². The summed E-state index contributed by atoms with van der Waals surface area (Å²) in [6.45, 7) is 14.7. The number of benzene rings is 10. The topological polar surface area (TPSA) is 204 Å². The summed E-state index contributed by atoms with van der Waals surface area (Å²) in [7, 11) is 8.08. The molecule has 0 aliphatic carbocycles. The van der Waals surface area contributed by atoms with E-state index in [1.54, 1.807) is 220 Å². The van der Waals surface area contributed by atoms with E-state index in [1.165, 1.54) is 71.6 Å². The van der Waals surface area contributed by atoms with Crippen molar-refractivity contribution in [1.82, 2.24) is 0 Å². The summed E-state index contributed by atoms with van der Waals surface area (Å²) in [5.41, 5.74) is 7.02. The van der Waals surface area contributed by atoms with E-state index in [2.05, 4.69) is 12.1 Å². The molecule has 0 spiro atoms. The lowest BCUT2D eigenvalue weighted by Gasteiger charge is -2.20. The van der Waals surface area contributed by atoms with Crippen molar-refractivity contribution in [2.75, 3.05) is 0 Å². The Balaban J connectivity index is 0.000000153. The Morgan fingerprint density at radius 2 is 0.633 bits per heavy atom. The molecule has 20 heteroatoms. The van der Waals surface area contributed by atoms with E-state index in [4.69, 9.17) is 61.8 Å². The first-order valence-electron chi connectivity index (χ1n) is 62.1. The number of rotatable bonds is 11. The van der Waals surface area contributed by atoms with Gasteiger partial charge in [-0.3, -0.25) is 0 Å². The van der Waals surface area contributed by atoms with Crippen LogP contribution >= 0.6 is 0 Å². The second-order valence-electron chi connectivity index (χ2n) is 38.4. The highest BCUT2D eigenvalue weighted by atomic mass is 19.1. The maximum atomic E-state index is 15.3. The predicted molar refractivity (Wildman–Crippen MR) is 575 cm³/mol. The molecular weight excluding hydrogens is 1840 g/mol. The fourth-order valence-electron chi connectivity index (χ4n) is 18.8. The first-order chi connectivity index (χ1) is 81.7. The zero-order valence-electron chi connectivity index (χ0n) is 116. The molecule has 10 aromatic heterocycles. The van der Waals surface area contributed by atoms with Gasteiger partial charge in [0.1, 0.15) is 117 Å². The molecule has 10 heterocycles. The van der Waals surface area contributed by atoms with Crippen molar-refractivity contribution < 1.29 is 108 Å². The van der Waals surface area contributed by atoms with E-state index in [0.717, 1.165) is 6.92 Å². The van der Waals surface area contributed by atoms with Crippen molar-refractivity contribution in [2.24, 2.45) is 52.5 Å². The van der Waals surface area contributed by atoms with Crippen LogP contribution in [0.5, 0.6) is 0 Å². The van der Waals surface area contributed by atoms with Gasteiger partial charge in [-0.2, -0.15) is 49.1 Å². The standard InChI is InChI=1S/C27H28FN2O.2C26H26FN2O.C25H24FN2O.C23H20FN2O/c1-15-8-9-20-19-10-11-22(28)21(14-29)25(19)31-26(20)24(15)23-12-18(13-27(4,5)6)16(2)17(3)30(23)7;1-14(2)11-18-12-23(29(6)17(5)16(18)4)24-15(3)7-8-20-19-9-10-22(27)21(13-28)25(19)30-26(20)24;1-14(2)10-19-12-22(29(6)17(5)16(19)4)23-15(3)11-21(27)24-20-9-7-8-18(13-28)25(20)30-26(23)24;1-13(2)19-11-21(28(6)16(5)15(19)4)22-14(3)10-20(26)23-18-9-7-8-17(12-27)24(18)29-25(22)23;1-12-10-19(26(5)15(4)14(12)3)20-13(2)9-18(24)21-17-8-6-7-16(11-25)22(17)27-23(20)21/h8-12H,13H2,1-7H3;7-10,12,14H,11H2,1-6H3;7-9,11-12,14H,10H2,1-6H3;7-11,13H,1-6H3;6-10H,1-5H3/q5*+1/i2D3,12D,13D2;4D3,11D2,12D;4D3,10D2,12D;1D3,4D3,11D,13D;3D3,10D. The zero-order chi connectivity index (χ0) is 132. The lowest BCUT2D eigenvalue weighted by molar-refractivity contribution is -0.667. The highest BCUT2D eigenvalue weighted by Crippen LogP contribution is 2.48. The molecule has 742 valence electrons. The van der Waals surface area contributed by atoms with Gasteiger partial charge < -0.3 is 22.1 Å². The largest absolute Gasteiger partial charge is 0.454 e. The molecule has 10 aromatic carbocycles. The lowest BCUT2D eigenvalue weighted by atomic mass is 9.85. The van der Waals surface area contributed by atoms with Gasteiger partial charge in [0.2, 0.25) is 28.5 Å². The number of fused-ring (bicyclic) bond motifs is 15. The van der Waals surface area contributed by atoms with E-state index in [9.17, 15) is 36.5 Å². The monoisotopic (exact) mass is 1990 g/mol. The molecule has 0 bridgehead atoms. The predicted octanol–water partition coefficient (Wildman–Crippen LogP) is 30.5. The van der Waals surface area contributed by atoms with E-state index in [-0.39, 0.29) is 197 Å². The van der Waals surface area contributed by atoms with Crippen LogP contribution in [-0.2, 0) is 54.4 Å². The number of nitrogens with zero attached hydrogens (tertiary/aromatic N) is 10. The molecule has 0 aliphatic rings. The third kappa shape index (κ3) is 18.3. The van der Waals surface area contributed by atoms with Crippen LogP contribution in [0, 0.1) is 213 Å². The molecule has 20 rings (SSSR count). The van der Waals surface area contributed by atoms with E-state index >= 15 is 13.2 Å². The Labute approximate surface area is 897 Å². The van der Waals surface area contributed by atoms with Crippen LogP contribution < -0.4 is 22.8 Å². The second kappa shape index (κ2) is 40.2. The number of aromatic nitrogens is 5. The Morgan fingerprint density at radius 1 is 0.333 bits per heavy atom. The van der Waals surface area contributed by atoms with Gasteiger partial charge in [-0.1, -0.05) is 123 Å². The average molecular weight is 2000 g/mol. The molecule has 0 amide bonds. The van der Waals surface area contributed by atoms with Crippen molar-refractivity contribution in [3.8, 4) is 86.6 Å². The Kier molecular flexibility index (Phi) is 19.6. The van der Waals surface area contributed by atoms with Gasteiger partial charge in [0, 0.05) is 165 Å². The fraction of sp³-hybridized carbons (Fsp3) is 0.291. The van der Waals surface area contributed by atoms with Crippen LogP contribution in [0.1, 0.15) is 249 Å². The van der Waals surface area contributed by atoms with Crippen LogP contribution in [-0.4, -0.2) is 0 Å². The highest BCUT2D eigenvalue weighted by Gasteiger charge is 2.36. The number of pyridine rings is 5. The van der Waals surface area contributed by atoms with Gasteiger partial charge in [0.05, 0.1) is 67.5 Å². The molecule has 0 radical (unpaired) electrons. The molecular formula is C127H124F5N10O5+5. The first kappa shape index (κ1) is 71.5. The van der Waals surface area contributed by atoms with Crippen LogP contribution in [0.3, 0.4) is 0 Å². The number of nitriles is 5. The molecule has 0 N–H and O–H groups in total. The minimum atomic E-state index is -2.96. The summed E-state index contributed by atoms with van der Waals surface area (Å²) in [5, 5.41) is 51.6. The molecule has 15 nitrogen and oxygen atoms in total. The molecule has 0 saturated carbocycles. The van der Waals surface area contributed by atoms with E-state index < -0.39 is 124 Å². The normalized spacial score (nSPS) is 15.8. The van der Waals surface area contributed by atoms with Crippen molar-refractivity contribution >= 4 is 110 Å². The number of halogens is 5. The minimum absolute atomic E-state index is 0.0341. The highest BCUT2D eigenvalue weighted by molar-refractivity contribution is 6.16. The van der Waals surface area contributed by atoms with Crippen molar-refractivity contribution in [1.29, 1.82) is 26.3 Å². The summed E-state index contributed by atoms with van der Waals surface area (Å²) in [5.74, 6) is -6.74. The number of para-hydroxylation sites is 3. The maximum Gasteiger partial charge on any atom is 0.216 e. The van der Waals surface area contributed by atoms with Crippen LogP contribution in [0.15, 0.2) is 174 Å². The van der Waals surface area contributed by atoms with Crippen LogP contribution in [0.2, 0.25) is 0 Å². The Morgan fingerprint density at radius 3 is 0.959 bits per heavy atom. The van der Waals surface area contributed by atoms with Gasteiger partial charge in [0.15, 0.2) is 73.1 Å². The maximum absolute atomic E-state index is 15.3. The second-order valence-corrected chi connectivity index (χ2v) is 38.4. The molecule has 1 unspecified atom stereocenters. The summed E-state index contributed by atoms with van der Waals surface area (Å²) < 4.78 is 365. The third-order valence-corrected chi connectivity index (χ3v) is 26.9. The smallest absolute Gasteiger partial charge is 0.216 e. The SMILES string of the molecule is [2H]c1c(C([2H])(C)C([2H])([2H])[2H])c(C([2H])([2H])[2H])c(C)[n+](C)c1-c1c(C)cc(F)c2c1oc1c(C#N)cccc12.[2H]c1c(C([2H])([2H])C(C)(C)C)c(C([2H])([2H])[2H])c(C)[n+](C)c1-c1c(C)ccc2c1oc1c(C#N)c(F)ccc12.[2H]c1c(C([2H])([2H])C(C)C)c(C([2H])([2H])[2H])c(C)[n+](C)c1-c1c(C)cc(F)c2c1oc1c(C#N)cccc12.[2H]c1c(C([2H])([2H])C(C)C)c(C([2H])([2H])[2H])c(C)[n+](C)c1-c1c(C)ccc2c1oc1c(C#N)c(F)ccc12.[2H]c1c(C)c(C([2H])([2H])[2H])c(C)[n+](C)c1-c1c(C)cc(F)c2c1oc1c(C#N)cccc12. The molecule has 1 atom stereocenters. The molecule has 20 aromatic rings. The summed E-state index contributed by atoms with van der Waals surface area (Å²) in [6.07, 6.45) is -6.42. The zero-order valence-corrected chi connectivity index (χ0v) is 85.6. The quantitative estimate of drug-likeness (QED) is 0.0885. The van der Waals surface area contributed by atoms with Crippen molar-refractivity contribution in [3.63, 3.8) is 0 Å². The summed E-state index contributed by atoms with van der Waals surface area (Å²) >= 11 is 0. The van der Waals surface area contributed by atoms with Crippen LogP contribution in [0.25, 0.3) is 166 Å². The van der Waals surface area contributed by atoms with E-state index in [1.807, 2.05) is 30.3 Å². The molecule has 0 saturated heterocycles. The third-order valence-electron chi connectivity index (χ3n) is 26.9. The minimum Gasteiger partial charge on any atom is -0.454 e. The number of hydrogen-bond donors (Lipinski definition) is 0. The molecule has 0 aliphatic heterocycles. The van der Waals surface area contributed by atoms with Crippen molar-refractivity contribution in [2.45, 2.75) is 198 Å². The Bertz CT molecular complexity index is 10700. The molecule has 147 heavy (non-hydrogen) atoms. The van der Waals surface area contributed by atoms with Gasteiger partial charge in [-0.05, 0) is 234 Å². The number of furan rings is 5.